The molecule has 0 aliphatic rings. The third kappa shape index (κ3) is 3.73. The maximum absolute atomic E-state index is 5.24. The summed E-state index contributed by atoms with van der Waals surface area (Å²) < 4.78 is 5.24. The quantitative estimate of drug-likeness (QED) is 0.568. The first kappa shape index (κ1) is 15.2. The molecule has 0 aliphatic carbocycles. The van der Waals surface area contributed by atoms with E-state index in [2.05, 4.69) is 20.5 Å². The van der Waals surface area contributed by atoms with Crippen molar-refractivity contribution in [2.45, 2.75) is 6.92 Å². The number of nitrogens with one attached hydrogen (secondary N) is 1. The van der Waals surface area contributed by atoms with E-state index in [1.54, 1.807) is 19.5 Å². The number of methoxy groups -OCH3 is 1. The van der Waals surface area contributed by atoms with Crippen LogP contribution in [0, 0.1) is 0 Å². The predicted octanol–water partition coefficient (Wildman–Crippen LogP) is 4.05. The largest absolute Gasteiger partial charge is 0.497 e. The van der Waals surface area contributed by atoms with E-state index in [0.29, 0.717) is 0 Å². The van der Waals surface area contributed by atoms with Crippen molar-refractivity contribution in [2.24, 2.45) is 5.10 Å². The lowest BCUT2D eigenvalue weighted by Gasteiger charge is -2.02. The van der Waals surface area contributed by atoms with Crippen molar-refractivity contribution in [1.82, 2.24) is 9.97 Å². The molecule has 0 bridgehead atoms. The smallest absolute Gasteiger partial charge is 0.203 e. The molecule has 0 amide bonds. The van der Waals surface area contributed by atoms with E-state index in [9.17, 15) is 0 Å². The second-order valence-electron chi connectivity index (χ2n) is 4.82. The number of ether oxygens (including phenoxy) is 1. The van der Waals surface area contributed by atoms with Crippen molar-refractivity contribution < 1.29 is 4.74 Å². The molecule has 0 saturated heterocycles. The second-order valence-corrected chi connectivity index (χ2v) is 5.68. The molecular weight excluding hydrogens is 308 g/mol. The number of anilines is 1. The zero-order valence-electron chi connectivity index (χ0n) is 12.9. The third-order valence-corrected chi connectivity index (χ3v) is 4.02. The summed E-state index contributed by atoms with van der Waals surface area (Å²) >= 11 is 1.51. The van der Waals surface area contributed by atoms with Crippen LogP contribution in [0.15, 0.2) is 59.3 Å². The molecule has 1 N–H and O–H groups in total. The first-order valence-electron chi connectivity index (χ1n) is 7.07. The van der Waals surface area contributed by atoms with Crippen LogP contribution in [0.4, 0.5) is 5.13 Å². The van der Waals surface area contributed by atoms with Gasteiger partial charge in [0.15, 0.2) is 0 Å². The Hall–Kier alpha value is -2.73. The standard InChI is InChI=1S/C17H16N4OS/c1-12(14-6-4-8-18-10-14)20-21-17-19-16(11-23-17)13-5-3-7-15(9-13)22-2/h3-11H,1-2H3,(H,19,21)/b20-12-. The molecule has 23 heavy (non-hydrogen) atoms. The number of thiazole rings is 1. The molecule has 3 aromatic rings. The Balaban J connectivity index is 1.74. The summed E-state index contributed by atoms with van der Waals surface area (Å²) in [6, 6.07) is 11.7. The fourth-order valence-electron chi connectivity index (χ4n) is 2.01. The van der Waals surface area contributed by atoms with E-state index in [1.165, 1.54) is 11.3 Å². The zero-order valence-corrected chi connectivity index (χ0v) is 13.7. The van der Waals surface area contributed by atoms with E-state index in [1.807, 2.05) is 48.7 Å². The first-order chi connectivity index (χ1) is 11.3. The lowest BCUT2D eigenvalue weighted by molar-refractivity contribution is 0.415. The Morgan fingerprint density at radius 1 is 1.26 bits per heavy atom. The number of hydrazone groups is 1. The third-order valence-electron chi connectivity index (χ3n) is 3.27. The number of hydrogen-bond acceptors (Lipinski definition) is 6. The molecule has 1 aromatic carbocycles. The van der Waals surface area contributed by atoms with Gasteiger partial charge in [-0.2, -0.15) is 5.10 Å². The van der Waals surface area contributed by atoms with Gasteiger partial charge in [-0.05, 0) is 25.1 Å². The Morgan fingerprint density at radius 2 is 2.17 bits per heavy atom. The van der Waals surface area contributed by atoms with E-state index in [0.717, 1.165) is 33.4 Å². The van der Waals surface area contributed by atoms with Crippen LogP contribution in [-0.2, 0) is 0 Å². The minimum absolute atomic E-state index is 0.742. The summed E-state index contributed by atoms with van der Waals surface area (Å²) in [6.07, 6.45) is 3.52. The van der Waals surface area contributed by atoms with E-state index < -0.39 is 0 Å². The van der Waals surface area contributed by atoms with Crippen LogP contribution in [-0.4, -0.2) is 22.8 Å². The average Bonchev–Trinajstić information content (AvgIpc) is 3.09. The number of pyridine rings is 1. The zero-order chi connectivity index (χ0) is 16.1. The van der Waals surface area contributed by atoms with Gasteiger partial charge in [-0.15, -0.1) is 11.3 Å². The SMILES string of the molecule is COc1cccc(-c2csc(N/N=C(/C)c3cccnc3)n2)c1. The van der Waals surface area contributed by atoms with Gasteiger partial charge in [-0.1, -0.05) is 18.2 Å². The maximum atomic E-state index is 5.24. The summed E-state index contributed by atoms with van der Waals surface area (Å²) in [6.45, 7) is 1.93. The Bertz CT molecular complexity index is 814. The van der Waals surface area contributed by atoms with E-state index in [-0.39, 0.29) is 0 Å². The van der Waals surface area contributed by atoms with Gasteiger partial charge in [0.25, 0.3) is 0 Å². The van der Waals surface area contributed by atoms with Crippen molar-refractivity contribution in [3.05, 3.63) is 59.7 Å². The maximum Gasteiger partial charge on any atom is 0.203 e. The summed E-state index contributed by atoms with van der Waals surface area (Å²) in [7, 11) is 1.66. The summed E-state index contributed by atoms with van der Waals surface area (Å²) in [5.74, 6) is 0.815. The van der Waals surface area contributed by atoms with Gasteiger partial charge in [0.2, 0.25) is 5.13 Å². The number of benzene rings is 1. The van der Waals surface area contributed by atoms with E-state index in [4.69, 9.17) is 4.74 Å². The molecule has 0 spiro atoms. The number of aromatic nitrogens is 2. The fraction of sp³-hybridized carbons (Fsp3) is 0.118. The highest BCUT2D eigenvalue weighted by molar-refractivity contribution is 7.14. The van der Waals surface area contributed by atoms with Gasteiger partial charge in [0.05, 0.1) is 18.5 Å². The van der Waals surface area contributed by atoms with Crippen LogP contribution in [0.5, 0.6) is 5.75 Å². The molecule has 0 saturated carbocycles. The highest BCUT2D eigenvalue weighted by Crippen LogP contribution is 2.27. The molecule has 0 unspecified atom stereocenters. The fourth-order valence-corrected chi connectivity index (χ4v) is 2.67. The normalized spacial score (nSPS) is 11.3. The van der Waals surface area contributed by atoms with Gasteiger partial charge < -0.3 is 4.74 Å². The van der Waals surface area contributed by atoms with Crippen LogP contribution in [0.2, 0.25) is 0 Å². The Kier molecular flexibility index (Phi) is 4.63. The van der Waals surface area contributed by atoms with Crippen LogP contribution in [0.3, 0.4) is 0 Å². The summed E-state index contributed by atoms with van der Waals surface area (Å²) in [4.78, 5) is 8.64. The Morgan fingerprint density at radius 3 is 2.96 bits per heavy atom. The van der Waals surface area contributed by atoms with Crippen molar-refractivity contribution >= 4 is 22.2 Å². The van der Waals surface area contributed by atoms with Crippen LogP contribution >= 0.6 is 11.3 Å². The second kappa shape index (κ2) is 7.02. The van der Waals surface area contributed by atoms with Crippen molar-refractivity contribution in [1.29, 1.82) is 0 Å². The molecule has 0 radical (unpaired) electrons. The molecule has 0 aliphatic heterocycles. The van der Waals surface area contributed by atoms with E-state index >= 15 is 0 Å². The molecule has 6 heteroatoms. The minimum atomic E-state index is 0.742. The number of hydrogen-bond donors (Lipinski definition) is 1. The van der Waals surface area contributed by atoms with Crippen LogP contribution < -0.4 is 10.2 Å². The lowest BCUT2D eigenvalue weighted by atomic mass is 10.2. The molecule has 5 nitrogen and oxygen atoms in total. The van der Waals surface area contributed by atoms with Crippen LogP contribution in [0.25, 0.3) is 11.3 Å². The molecular formula is C17H16N4OS. The highest BCUT2D eigenvalue weighted by atomic mass is 32.1. The topological polar surface area (TPSA) is 59.4 Å². The molecule has 0 atom stereocenters. The van der Waals surface area contributed by atoms with Gasteiger partial charge in [-0.3, -0.25) is 10.4 Å². The van der Waals surface area contributed by atoms with Crippen molar-refractivity contribution in [2.75, 3.05) is 12.5 Å². The number of nitrogens with zero attached hydrogens (tertiary/aromatic N) is 3. The molecule has 0 fully saturated rings. The predicted molar refractivity (Wildman–Crippen MR) is 94.2 cm³/mol. The molecule has 116 valence electrons. The van der Waals surface area contributed by atoms with Crippen molar-refractivity contribution in [3.8, 4) is 17.0 Å². The van der Waals surface area contributed by atoms with Gasteiger partial charge >= 0.3 is 0 Å². The summed E-state index contributed by atoms with van der Waals surface area (Å²) in [5, 5.41) is 7.09. The molecule has 3 rings (SSSR count). The average molecular weight is 324 g/mol. The first-order valence-corrected chi connectivity index (χ1v) is 7.95. The lowest BCUT2D eigenvalue weighted by Crippen LogP contribution is -1.99. The number of rotatable bonds is 5. The molecule has 2 heterocycles. The van der Waals surface area contributed by atoms with Gasteiger partial charge in [-0.25, -0.2) is 4.98 Å². The van der Waals surface area contributed by atoms with Gasteiger partial charge in [0.1, 0.15) is 5.75 Å². The highest BCUT2D eigenvalue weighted by Gasteiger charge is 2.05. The van der Waals surface area contributed by atoms with Crippen LogP contribution in [0.1, 0.15) is 12.5 Å². The van der Waals surface area contributed by atoms with Crippen molar-refractivity contribution in [3.63, 3.8) is 0 Å². The molecule has 2 aromatic heterocycles. The minimum Gasteiger partial charge on any atom is -0.497 e. The monoisotopic (exact) mass is 324 g/mol. The Labute approximate surface area is 138 Å². The van der Waals surface area contributed by atoms with Gasteiger partial charge in [0, 0.05) is 28.9 Å². The summed E-state index contributed by atoms with van der Waals surface area (Å²) in [5.41, 5.74) is 6.74.